The minimum Gasteiger partial charge on any atom is -0.310 e. The van der Waals surface area contributed by atoms with Crippen LogP contribution in [0.4, 0.5) is 0 Å². The van der Waals surface area contributed by atoms with Crippen molar-refractivity contribution in [3.05, 3.63) is 33.3 Å². The van der Waals surface area contributed by atoms with Crippen LogP contribution in [0.2, 0.25) is 0 Å². The van der Waals surface area contributed by atoms with Crippen molar-refractivity contribution in [2.24, 2.45) is 5.92 Å². The lowest BCUT2D eigenvalue weighted by Gasteiger charge is -2.35. The SMILES string of the molecule is CCCNC(c1cc(C)c(Br)c(C)c1)C1CCC1. The van der Waals surface area contributed by atoms with E-state index in [1.165, 1.54) is 46.8 Å². The molecule has 1 N–H and O–H groups in total. The molecule has 0 saturated heterocycles. The Hall–Kier alpha value is -0.340. The van der Waals surface area contributed by atoms with E-state index in [1.54, 1.807) is 0 Å². The highest BCUT2D eigenvalue weighted by Gasteiger charge is 2.28. The van der Waals surface area contributed by atoms with Gasteiger partial charge < -0.3 is 5.32 Å². The number of rotatable bonds is 5. The zero-order valence-electron chi connectivity index (χ0n) is 11.7. The van der Waals surface area contributed by atoms with Crippen LogP contribution in [0.5, 0.6) is 0 Å². The maximum atomic E-state index is 3.75. The third-order valence-electron chi connectivity index (χ3n) is 4.05. The summed E-state index contributed by atoms with van der Waals surface area (Å²) < 4.78 is 1.26. The Morgan fingerprint density at radius 3 is 2.33 bits per heavy atom. The number of aryl methyl sites for hydroxylation is 2. The fourth-order valence-electron chi connectivity index (χ4n) is 2.79. The van der Waals surface area contributed by atoms with Gasteiger partial charge in [0.1, 0.15) is 0 Å². The summed E-state index contributed by atoms with van der Waals surface area (Å²) in [5, 5.41) is 3.75. The van der Waals surface area contributed by atoms with E-state index in [9.17, 15) is 0 Å². The molecule has 2 rings (SSSR count). The minimum absolute atomic E-state index is 0.559. The molecule has 1 atom stereocenters. The number of hydrogen-bond acceptors (Lipinski definition) is 1. The number of hydrogen-bond donors (Lipinski definition) is 1. The molecule has 0 aliphatic heterocycles. The zero-order chi connectivity index (χ0) is 13.1. The molecule has 2 heteroatoms. The molecule has 0 radical (unpaired) electrons. The van der Waals surface area contributed by atoms with Crippen molar-refractivity contribution in [1.29, 1.82) is 0 Å². The van der Waals surface area contributed by atoms with Crippen molar-refractivity contribution in [1.82, 2.24) is 5.32 Å². The summed E-state index contributed by atoms with van der Waals surface area (Å²) in [6, 6.07) is 5.26. The van der Waals surface area contributed by atoms with E-state index >= 15 is 0 Å². The van der Waals surface area contributed by atoms with E-state index in [4.69, 9.17) is 0 Å². The molecule has 1 aliphatic rings. The quantitative estimate of drug-likeness (QED) is 0.815. The van der Waals surface area contributed by atoms with Gasteiger partial charge in [0, 0.05) is 10.5 Å². The third kappa shape index (κ3) is 2.97. The second kappa shape index (κ2) is 6.21. The second-order valence-electron chi connectivity index (χ2n) is 5.59. The average Bonchev–Trinajstić information content (AvgIpc) is 2.28. The van der Waals surface area contributed by atoms with Gasteiger partial charge in [-0.25, -0.2) is 0 Å². The van der Waals surface area contributed by atoms with Gasteiger partial charge in [-0.05, 0) is 62.3 Å². The summed E-state index contributed by atoms with van der Waals surface area (Å²) in [5.41, 5.74) is 4.19. The van der Waals surface area contributed by atoms with Crippen LogP contribution in [0.1, 0.15) is 55.3 Å². The van der Waals surface area contributed by atoms with Gasteiger partial charge in [0.2, 0.25) is 0 Å². The first-order valence-corrected chi connectivity index (χ1v) is 7.92. The van der Waals surface area contributed by atoms with Crippen LogP contribution < -0.4 is 5.32 Å². The van der Waals surface area contributed by atoms with E-state index in [2.05, 4.69) is 54.2 Å². The smallest absolute Gasteiger partial charge is 0.0348 e. The summed E-state index contributed by atoms with van der Waals surface area (Å²) in [4.78, 5) is 0. The molecule has 1 aromatic carbocycles. The van der Waals surface area contributed by atoms with E-state index in [1.807, 2.05) is 0 Å². The van der Waals surface area contributed by atoms with Crippen LogP contribution in [0.25, 0.3) is 0 Å². The zero-order valence-corrected chi connectivity index (χ0v) is 13.3. The third-order valence-corrected chi connectivity index (χ3v) is 5.30. The Morgan fingerprint density at radius 1 is 1.28 bits per heavy atom. The van der Waals surface area contributed by atoms with Crippen LogP contribution in [-0.4, -0.2) is 6.54 Å². The molecule has 1 nitrogen and oxygen atoms in total. The number of halogens is 1. The summed E-state index contributed by atoms with van der Waals surface area (Å²) in [6.45, 7) is 7.74. The highest BCUT2D eigenvalue weighted by Crippen LogP contribution is 2.39. The van der Waals surface area contributed by atoms with Crippen molar-refractivity contribution < 1.29 is 0 Å². The number of nitrogens with one attached hydrogen (secondary N) is 1. The Balaban J connectivity index is 2.23. The van der Waals surface area contributed by atoms with Crippen molar-refractivity contribution in [2.45, 2.75) is 52.5 Å². The summed E-state index contributed by atoms with van der Waals surface area (Å²) >= 11 is 3.66. The van der Waals surface area contributed by atoms with Crippen molar-refractivity contribution >= 4 is 15.9 Å². The van der Waals surface area contributed by atoms with Crippen molar-refractivity contribution in [3.8, 4) is 0 Å². The highest BCUT2D eigenvalue weighted by molar-refractivity contribution is 9.10. The van der Waals surface area contributed by atoms with Crippen molar-refractivity contribution in [3.63, 3.8) is 0 Å². The molecule has 0 aromatic heterocycles. The first-order valence-electron chi connectivity index (χ1n) is 7.13. The van der Waals surface area contributed by atoms with Crippen molar-refractivity contribution in [2.75, 3.05) is 6.54 Å². The van der Waals surface area contributed by atoms with Crippen LogP contribution >= 0.6 is 15.9 Å². The molecule has 0 amide bonds. The van der Waals surface area contributed by atoms with Gasteiger partial charge >= 0.3 is 0 Å². The standard InChI is InChI=1S/C16H24BrN/c1-4-8-18-16(13-6-5-7-13)14-9-11(2)15(17)12(3)10-14/h9-10,13,16,18H,4-8H2,1-3H3. The van der Waals surface area contributed by atoms with E-state index in [0.29, 0.717) is 6.04 Å². The van der Waals surface area contributed by atoms with Gasteiger partial charge in [-0.15, -0.1) is 0 Å². The van der Waals surface area contributed by atoms with Gasteiger partial charge in [0.15, 0.2) is 0 Å². The van der Waals surface area contributed by atoms with Gasteiger partial charge in [0.25, 0.3) is 0 Å². The predicted molar refractivity (Wildman–Crippen MR) is 82.0 cm³/mol. The molecule has 1 unspecified atom stereocenters. The first-order chi connectivity index (χ1) is 8.63. The minimum atomic E-state index is 0.559. The molecule has 1 saturated carbocycles. The summed E-state index contributed by atoms with van der Waals surface area (Å²) in [7, 11) is 0. The fourth-order valence-corrected chi connectivity index (χ4v) is 3.02. The maximum absolute atomic E-state index is 3.75. The van der Waals surface area contributed by atoms with Gasteiger partial charge in [-0.2, -0.15) is 0 Å². The van der Waals surface area contributed by atoms with Crippen LogP contribution in [-0.2, 0) is 0 Å². The van der Waals surface area contributed by atoms with Crippen LogP contribution in [0.3, 0.4) is 0 Å². The molecular formula is C16H24BrN. The predicted octanol–water partition coefficient (Wildman–Crippen LogP) is 4.91. The fraction of sp³-hybridized carbons (Fsp3) is 0.625. The largest absolute Gasteiger partial charge is 0.310 e. The van der Waals surface area contributed by atoms with Gasteiger partial charge in [-0.3, -0.25) is 0 Å². The molecule has 1 fully saturated rings. The number of benzene rings is 1. The van der Waals surface area contributed by atoms with E-state index in [-0.39, 0.29) is 0 Å². The molecular weight excluding hydrogens is 286 g/mol. The lowest BCUT2D eigenvalue weighted by molar-refractivity contribution is 0.231. The van der Waals surface area contributed by atoms with E-state index < -0.39 is 0 Å². The van der Waals surface area contributed by atoms with Crippen LogP contribution in [0.15, 0.2) is 16.6 Å². The average molecular weight is 310 g/mol. The highest BCUT2D eigenvalue weighted by atomic mass is 79.9. The Bertz CT molecular complexity index is 387. The Labute approximate surface area is 119 Å². The molecule has 1 aliphatic carbocycles. The lowest BCUT2D eigenvalue weighted by Crippen LogP contribution is -2.32. The molecule has 0 spiro atoms. The molecule has 100 valence electrons. The summed E-state index contributed by atoms with van der Waals surface area (Å²) in [5.74, 6) is 0.844. The summed E-state index contributed by atoms with van der Waals surface area (Å²) in [6.07, 6.45) is 5.38. The molecule has 0 bridgehead atoms. The molecule has 0 heterocycles. The van der Waals surface area contributed by atoms with Gasteiger partial charge in [-0.1, -0.05) is 41.4 Å². The first kappa shape index (κ1) is 14.1. The Morgan fingerprint density at radius 2 is 1.89 bits per heavy atom. The van der Waals surface area contributed by atoms with Gasteiger partial charge in [0.05, 0.1) is 0 Å². The van der Waals surface area contributed by atoms with E-state index in [0.717, 1.165) is 12.5 Å². The lowest BCUT2D eigenvalue weighted by atomic mass is 9.76. The Kier molecular flexibility index (Phi) is 4.85. The molecule has 1 aromatic rings. The maximum Gasteiger partial charge on any atom is 0.0348 e. The normalized spacial score (nSPS) is 17.6. The van der Waals surface area contributed by atoms with Crippen LogP contribution in [0, 0.1) is 19.8 Å². The topological polar surface area (TPSA) is 12.0 Å². The molecule has 18 heavy (non-hydrogen) atoms. The monoisotopic (exact) mass is 309 g/mol. The second-order valence-corrected chi connectivity index (χ2v) is 6.38.